The summed E-state index contributed by atoms with van der Waals surface area (Å²) >= 11 is 1.01. The lowest BCUT2D eigenvalue weighted by atomic mass is 9.89. The van der Waals surface area contributed by atoms with Crippen LogP contribution in [0.15, 0.2) is 24.3 Å². The number of rotatable bonds is 4. The summed E-state index contributed by atoms with van der Waals surface area (Å²) in [6.45, 7) is 0. The highest BCUT2D eigenvalue weighted by atomic mass is 32.2. The number of nitrogens with one attached hydrogen (secondary N) is 1. The lowest BCUT2D eigenvalue weighted by molar-refractivity contribution is -0.127. The van der Waals surface area contributed by atoms with Crippen molar-refractivity contribution in [1.82, 2.24) is 10.2 Å². The van der Waals surface area contributed by atoms with Gasteiger partial charge in [-0.15, -0.1) is 0 Å². The van der Waals surface area contributed by atoms with Crippen LogP contribution < -0.4 is 5.32 Å². The lowest BCUT2D eigenvalue weighted by Crippen LogP contribution is -2.54. The van der Waals surface area contributed by atoms with Crippen LogP contribution in [0.4, 0.5) is 4.79 Å². The van der Waals surface area contributed by atoms with E-state index in [4.69, 9.17) is 0 Å². The van der Waals surface area contributed by atoms with Gasteiger partial charge in [0.1, 0.15) is 0 Å². The van der Waals surface area contributed by atoms with E-state index < -0.39 is 5.97 Å². The maximum Gasteiger partial charge on any atom is 0.337 e. The van der Waals surface area contributed by atoms with Crippen molar-refractivity contribution in [1.29, 1.82) is 0 Å². The zero-order chi connectivity index (χ0) is 18.7. The van der Waals surface area contributed by atoms with Gasteiger partial charge in [-0.1, -0.05) is 24.6 Å². The predicted octanol–water partition coefficient (Wildman–Crippen LogP) is 2.21. The number of benzene rings is 1. The fourth-order valence-electron chi connectivity index (χ4n) is 3.40. The average molecular weight is 376 g/mol. The number of amides is 3. The summed E-state index contributed by atoms with van der Waals surface area (Å²) in [5, 5.41) is 2.72. The van der Waals surface area contributed by atoms with E-state index in [9.17, 15) is 19.2 Å². The first-order valence-corrected chi connectivity index (χ1v) is 9.48. The molecule has 1 aliphatic carbocycles. The van der Waals surface area contributed by atoms with Gasteiger partial charge in [0.2, 0.25) is 5.91 Å². The Balaban J connectivity index is 1.71. The van der Waals surface area contributed by atoms with Gasteiger partial charge in [-0.05, 0) is 37.1 Å². The summed E-state index contributed by atoms with van der Waals surface area (Å²) in [6, 6.07) is 5.62. The van der Waals surface area contributed by atoms with Crippen LogP contribution in [0, 0.1) is 0 Å². The summed E-state index contributed by atoms with van der Waals surface area (Å²) < 4.78 is 4.64. The molecular formula is C18H20N2O5S. The number of methoxy groups -OCH3 is 1. The molecule has 1 saturated heterocycles. The molecule has 0 aromatic heterocycles. The molecule has 26 heavy (non-hydrogen) atoms. The fourth-order valence-corrected chi connectivity index (χ4v) is 4.16. The topological polar surface area (TPSA) is 92.8 Å². The molecule has 2 aliphatic rings. The number of hydrogen-bond acceptors (Lipinski definition) is 6. The minimum Gasteiger partial charge on any atom is -0.465 e. The third-order valence-corrected chi connectivity index (χ3v) is 5.57. The van der Waals surface area contributed by atoms with Crippen molar-refractivity contribution >= 4 is 34.8 Å². The number of ether oxygens (including phenoxy) is 1. The van der Waals surface area contributed by atoms with Gasteiger partial charge in [-0.25, -0.2) is 4.79 Å². The smallest absolute Gasteiger partial charge is 0.337 e. The predicted molar refractivity (Wildman–Crippen MR) is 96.0 cm³/mol. The molecule has 0 bridgehead atoms. The van der Waals surface area contributed by atoms with Crippen LogP contribution in [-0.2, 0) is 9.53 Å². The van der Waals surface area contributed by atoms with Crippen molar-refractivity contribution in [2.24, 2.45) is 0 Å². The zero-order valence-electron chi connectivity index (χ0n) is 14.4. The van der Waals surface area contributed by atoms with Gasteiger partial charge < -0.3 is 10.1 Å². The zero-order valence-corrected chi connectivity index (χ0v) is 15.2. The van der Waals surface area contributed by atoms with Crippen LogP contribution in [0.5, 0.6) is 0 Å². The summed E-state index contributed by atoms with van der Waals surface area (Å²) in [7, 11) is 1.30. The highest BCUT2D eigenvalue weighted by molar-refractivity contribution is 8.14. The maximum absolute atomic E-state index is 12.6. The molecule has 8 heteroatoms. The Kier molecular flexibility index (Phi) is 5.61. The molecule has 0 spiro atoms. The highest BCUT2D eigenvalue weighted by Crippen LogP contribution is 2.30. The second kappa shape index (κ2) is 7.90. The number of esters is 1. The second-order valence-electron chi connectivity index (χ2n) is 6.32. The molecule has 1 aromatic rings. The number of hydrogen-bond donors (Lipinski definition) is 1. The number of carbonyl (C=O) groups is 4. The SMILES string of the molecule is COC(=O)c1ccc(C(=O)N[C@H]2CCCC[C@@H]2N2C(=O)CSC2=O)cc1. The molecule has 3 rings (SSSR count). The van der Waals surface area contributed by atoms with Crippen LogP contribution in [0.25, 0.3) is 0 Å². The second-order valence-corrected chi connectivity index (χ2v) is 7.25. The van der Waals surface area contributed by atoms with Gasteiger partial charge in [0.05, 0.1) is 30.5 Å². The molecule has 3 amide bonds. The molecule has 1 heterocycles. The van der Waals surface area contributed by atoms with Crippen molar-refractivity contribution < 1.29 is 23.9 Å². The van der Waals surface area contributed by atoms with E-state index in [0.717, 1.165) is 31.0 Å². The van der Waals surface area contributed by atoms with Gasteiger partial charge in [0.15, 0.2) is 0 Å². The van der Waals surface area contributed by atoms with E-state index >= 15 is 0 Å². The first-order chi connectivity index (χ1) is 12.5. The molecular weight excluding hydrogens is 356 g/mol. The van der Waals surface area contributed by atoms with E-state index in [1.54, 1.807) is 12.1 Å². The quantitative estimate of drug-likeness (QED) is 0.810. The number of nitrogens with zero attached hydrogens (tertiary/aromatic N) is 1. The first-order valence-electron chi connectivity index (χ1n) is 8.49. The summed E-state index contributed by atoms with van der Waals surface area (Å²) in [5.41, 5.74) is 0.778. The van der Waals surface area contributed by atoms with E-state index in [0.29, 0.717) is 17.5 Å². The molecule has 1 saturated carbocycles. The Morgan fingerprint density at radius 1 is 1.12 bits per heavy atom. The van der Waals surface area contributed by atoms with Crippen LogP contribution in [0.2, 0.25) is 0 Å². The van der Waals surface area contributed by atoms with Crippen molar-refractivity contribution in [3.05, 3.63) is 35.4 Å². The molecule has 2 atom stereocenters. The Morgan fingerprint density at radius 3 is 2.38 bits per heavy atom. The minimum atomic E-state index is -0.465. The minimum absolute atomic E-state index is 0.172. The van der Waals surface area contributed by atoms with Crippen LogP contribution in [-0.4, -0.2) is 52.9 Å². The van der Waals surface area contributed by atoms with Crippen molar-refractivity contribution in [3.8, 4) is 0 Å². The number of imide groups is 1. The molecule has 0 radical (unpaired) electrons. The lowest BCUT2D eigenvalue weighted by Gasteiger charge is -2.36. The summed E-state index contributed by atoms with van der Waals surface area (Å²) in [6.07, 6.45) is 3.28. The maximum atomic E-state index is 12.6. The molecule has 138 valence electrons. The van der Waals surface area contributed by atoms with E-state index in [1.165, 1.54) is 24.1 Å². The molecule has 1 aliphatic heterocycles. The van der Waals surface area contributed by atoms with Crippen molar-refractivity contribution in [2.75, 3.05) is 12.9 Å². The Bertz CT molecular complexity index is 718. The Labute approximate surface area is 155 Å². The van der Waals surface area contributed by atoms with E-state index in [-0.39, 0.29) is 34.9 Å². The van der Waals surface area contributed by atoms with Crippen molar-refractivity contribution in [3.63, 3.8) is 0 Å². The van der Waals surface area contributed by atoms with Crippen LogP contribution in [0.1, 0.15) is 46.4 Å². The molecule has 7 nitrogen and oxygen atoms in total. The summed E-state index contributed by atoms with van der Waals surface area (Å²) in [5.74, 6) is -0.767. The average Bonchev–Trinajstić information content (AvgIpc) is 3.00. The van der Waals surface area contributed by atoms with Crippen LogP contribution >= 0.6 is 11.8 Å². The highest BCUT2D eigenvalue weighted by Gasteiger charge is 2.41. The number of carbonyl (C=O) groups excluding carboxylic acids is 4. The van der Waals surface area contributed by atoms with E-state index in [1.807, 2.05) is 0 Å². The third kappa shape index (κ3) is 3.75. The largest absolute Gasteiger partial charge is 0.465 e. The van der Waals surface area contributed by atoms with Crippen molar-refractivity contribution in [2.45, 2.75) is 37.8 Å². The number of thioether (sulfide) groups is 1. The molecule has 2 fully saturated rings. The normalized spacial score (nSPS) is 23.0. The Hall–Kier alpha value is -2.35. The van der Waals surface area contributed by atoms with Gasteiger partial charge in [-0.3, -0.25) is 19.3 Å². The standard InChI is InChI=1S/C18H20N2O5S/c1-25-17(23)12-8-6-11(7-9-12)16(22)19-13-4-2-3-5-14(13)20-15(21)10-26-18(20)24/h6-9,13-14H,2-5,10H2,1H3,(H,19,22)/t13-,14-/m0/s1. The molecule has 1 N–H and O–H groups in total. The fraction of sp³-hybridized carbons (Fsp3) is 0.444. The monoisotopic (exact) mass is 376 g/mol. The van der Waals surface area contributed by atoms with E-state index in [2.05, 4.69) is 10.1 Å². The summed E-state index contributed by atoms with van der Waals surface area (Å²) in [4.78, 5) is 49.4. The molecule has 1 aromatic carbocycles. The van der Waals surface area contributed by atoms with Gasteiger partial charge in [0.25, 0.3) is 11.1 Å². The Morgan fingerprint density at radius 2 is 1.77 bits per heavy atom. The first kappa shape index (κ1) is 18.4. The molecule has 0 unspecified atom stereocenters. The van der Waals surface area contributed by atoms with Gasteiger partial charge >= 0.3 is 5.97 Å². The van der Waals surface area contributed by atoms with Gasteiger partial charge in [-0.2, -0.15) is 0 Å². The van der Waals surface area contributed by atoms with Crippen LogP contribution in [0.3, 0.4) is 0 Å². The van der Waals surface area contributed by atoms with Gasteiger partial charge in [0, 0.05) is 5.56 Å². The third-order valence-electron chi connectivity index (χ3n) is 4.73.